The molecule has 4 aliphatic rings. The van der Waals surface area contributed by atoms with Crippen molar-refractivity contribution in [3.8, 4) is 0 Å². The number of ether oxygens (including phenoxy) is 1. The van der Waals surface area contributed by atoms with Gasteiger partial charge in [-0.15, -0.1) is 0 Å². The third-order valence-electron chi connectivity index (χ3n) is 8.01. The summed E-state index contributed by atoms with van der Waals surface area (Å²) in [6.07, 6.45) is 8.50. The number of rotatable bonds is 1. The smallest absolute Gasteiger partial charge is 0.139 e. The lowest BCUT2D eigenvalue weighted by Gasteiger charge is -2.55. The Kier molecular flexibility index (Phi) is 3.65. The standard InChI is InChI=1S/C19H30O3/c1-19-8-7-12-13(15(19)5-6-18(19)21)4-3-11-9-16(20)17(22-2)10-14(11)12/h11-17,20H,3-10H2,1-2H3/t11-,12+,13-,14+,15+,16-,17-,19+/m1/s1. The number of carbonyl (C=O) groups is 1. The molecule has 3 nitrogen and oxygen atoms in total. The van der Waals surface area contributed by atoms with Gasteiger partial charge in [0.15, 0.2) is 0 Å². The van der Waals surface area contributed by atoms with Crippen molar-refractivity contribution in [2.24, 2.45) is 35.0 Å². The van der Waals surface area contributed by atoms with E-state index in [0.29, 0.717) is 23.5 Å². The number of hydrogen-bond acceptors (Lipinski definition) is 3. The van der Waals surface area contributed by atoms with E-state index >= 15 is 0 Å². The molecule has 0 heterocycles. The van der Waals surface area contributed by atoms with E-state index < -0.39 is 0 Å². The number of aliphatic hydroxyl groups is 1. The lowest BCUT2D eigenvalue weighted by atomic mass is 9.50. The number of carbonyl (C=O) groups excluding carboxylic acids is 1. The van der Waals surface area contributed by atoms with Gasteiger partial charge in [0.1, 0.15) is 5.78 Å². The van der Waals surface area contributed by atoms with Gasteiger partial charge in [0.25, 0.3) is 0 Å². The molecule has 0 unspecified atom stereocenters. The normalized spacial score (nSPS) is 54.5. The number of ketones is 1. The van der Waals surface area contributed by atoms with E-state index in [2.05, 4.69) is 6.92 Å². The zero-order valence-corrected chi connectivity index (χ0v) is 14.0. The van der Waals surface area contributed by atoms with Crippen LogP contribution < -0.4 is 0 Å². The number of aliphatic hydroxyl groups excluding tert-OH is 1. The molecule has 0 aromatic heterocycles. The lowest BCUT2D eigenvalue weighted by molar-refractivity contribution is -0.138. The van der Waals surface area contributed by atoms with Crippen LogP contribution in [0.15, 0.2) is 0 Å². The Morgan fingerprint density at radius 1 is 1.09 bits per heavy atom. The maximum absolute atomic E-state index is 12.4. The van der Waals surface area contributed by atoms with Crippen molar-refractivity contribution in [2.75, 3.05) is 7.11 Å². The Hall–Kier alpha value is -0.410. The molecular formula is C19H30O3. The molecule has 3 heteroatoms. The molecule has 4 rings (SSSR count). The van der Waals surface area contributed by atoms with Gasteiger partial charge in [0, 0.05) is 18.9 Å². The summed E-state index contributed by atoms with van der Waals surface area (Å²) in [5.74, 6) is 4.09. The van der Waals surface area contributed by atoms with Gasteiger partial charge in [-0.3, -0.25) is 4.79 Å². The summed E-state index contributed by atoms with van der Waals surface area (Å²) in [6.45, 7) is 2.25. The average Bonchev–Trinajstić information content (AvgIpc) is 2.82. The summed E-state index contributed by atoms with van der Waals surface area (Å²) in [6, 6.07) is 0. The molecule has 0 saturated heterocycles. The van der Waals surface area contributed by atoms with Crippen LogP contribution in [0, 0.1) is 35.0 Å². The van der Waals surface area contributed by atoms with Gasteiger partial charge in [-0.1, -0.05) is 6.92 Å². The lowest BCUT2D eigenvalue weighted by Crippen LogP contribution is -2.51. The van der Waals surface area contributed by atoms with Gasteiger partial charge in [-0.2, -0.15) is 0 Å². The Balaban J connectivity index is 1.57. The minimum absolute atomic E-state index is 0.0111. The van der Waals surface area contributed by atoms with Crippen LogP contribution in [0.4, 0.5) is 0 Å². The van der Waals surface area contributed by atoms with Crippen LogP contribution in [-0.2, 0) is 9.53 Å². The second-order valence-electron chi connectivity index (χ2n) is 8.67. The summed E-state index contributed by atoms with van der Waals surface area (Å²) in [4.78, 5) is 12.4. The van der Waals surface area contributed by atoms with Crippen molar-refractivity contribution in [2.45, 2.75) is 70.5 Å². The van der Waals surface area contributed by atoms with Gasteiger partial charge in [-0.25, -0.2) is 0 Å². The van der Waals surface area contributed by atoms with Gasteiger partial charge in [0.2, 0.25) is 0 Å². The third-order valence-corrected chi connectivity index (χ3v) is 8.01. The quantitative estimate of drug-likeness (QED) is 0.809. The maximum atomic E-state index is 12.4. The zero-order chi connectivity index (χ0) is 15.5. The Morgan fingerprint density at radius 2 is 1.91 bits per heavy atom. The van der Waals surface area contributed by atoms with Crippen molar-refractivity contribution in [1.82, 2.24) is 0 Å². The van der Waals surface area contributed by atoms with Crippen LogP contribution in [0.2, 0.25) is 0 Å². The second kappa shape index (κ2) is 5.31. The van der Waals surface area contributed by atoms with Gasteiger partial charge < -0.3 is 9.84 Å². The van der Waals surface area contributed by atoms with E-state index in [-0.39, 0.29) is 17.6 Å². The molecule has 22 heavy (non-hydrogen) atoms. The maximum Gasteiger partial charge on any atom is 0.139 e. The summed E-state index contributed by atoms with van der Waals surface area (Å²) in [7, 11) is 1.74. The molecule has 0 aromatic carbocycles. The first kappa shape index (κ1) is 15.1. The Labute approximate surface area is 133 Å². The number of hydrogen-bond donors (Lipinski definition) is 1. The number of fused-ring (bicyclic) bond motifs is 5. The van der Waals surface area contributed by atoms with E-state index in [9.17, 15) is 9.90 Å². The molecule has 1 N–H and O–H groups in total. The summed E-state index contributed by atoms with van der Waals surface area (Å²) >= 11 is 0. The molecular weight excluding hydrogens is 276 g/mol. The molecule has 0 bridgehead atoms. The third kappa shape index (κ3) is 2.04. The van der Waals surface area contributed by atoms with Gasteiger partial charge in [-0.05, 0) is 74.5 Å². The first-order chi connectivity index (χ1) is 10.5. The molecule has 0 aliphatic heterocycles. The minimum atomic E-state index is -0.273. The van der Waals surface area contributed by atoms with Gasteiger partial charge >= 0.3 is 0 Å². The van der Waals surface area contributed by atoms with Crippen molar-refractivity contribution < 1.29 is 14.6 Å². The molecule has 4 fully saturated rings. The predicted octanol–water partition coefficient (Wildman–Crippen LogP) is 3.19. The first-order valence-corrected chi connectivity index (χ1v) is 9.28. The van der Waals surface area contributed by atoms with E-state index in [1.807, 2.05) is 0 Å². The highest BCUT2D eigenvalue weighted by atomic mass is 16.5. The highest BCUT2D eigenvalue weighted by Gasteiger charge is 2.57. The van der Waals surface area contributed by atoms with Crippen LogP contribution in [0.3, 0.4) is 0 Å². The van der Waals surface area contributed by atoms with Crippen LogP contribution in [0.5, 0.6) is 0 Å². The average molecular weight is 306 g/mol. The fourth-order valence-electron chi connectivity index (χ4n) is 6.81. The van der Waals surface area contributed by atoms with E-state index in [1.165, 1.54) is 19.3 Å². The SMILES string of the molecule is CO[C@@H]1C[C@H]2[C@H](CC[C@@H]3[C@@H]2CC[C@]2(C)C(=O)CC[C@@H]32)C[C@H]1O. The highest BCUT2D eigenvalue weighted by molar-refractivity contribution is 5.87. The van der Waals surface area contributed by atoms with E-state index in [4.69, 9.17) is 4.74 Å². The molecule has 0 radical (unpaired) electrons. The van der Waals surface area contributed by atoms with Crippen LogP contribution >= 0.6 is 0 Å². The fourth-order valence-corrected chi connectivity index (χ4v) is 6.81. The van der Waals surface area contributed by atoms with Crippen LogP contribution in [-0.4, -0.2) is 30.2 Å². The van der Waals surface area contributed by atoms with E-state index in [1.54, 1.807) is 7.11 Å². The molecule has 0 aromatic rings. The number of Topliss-reactive ketones (excluding diaryl/α,β-unsaturated/α-hetero) is 1. The molecule has 0 amide bonds. The summed E-state index contributed by atoms with van der Waals surface area (Å²) in [5, 5.41) is 10.3. The summed E-state index contributed by atoms with van der Waals surface area (Å²) in [5.41, 5.74) is -0.0111. The molecule has 0 spiro atoms. The molecule has 8 atom stereocenters. The van der Waals surface area contributed by atoms with Crippen molar-refractivity contribution in [3.05, 3.63) is 0 Å². The zero-order valence-electron chi connectivity index (χ0n) is 14.0. The predicted molar refractivity (Wildman–Crippen MR) is 84.3 cm³/mol. The largest absolute Gasteiger partial charge is 0.390 e. The topological polar surface area (TPSA) is 46.5 Å². The molecule has 4 saturated carbocycles. The number of methoxy groups -OCH3 is 1. The highest BCUT2D eigenvalue weighted by Crippen LogP contribution is 2.61. The molecule has 124 valence electrons. The monoisotopic (exact) mass is 306 g/mol. The van der Waals surface area contributed by atoms with Gasteiger partial charge in [0.05, 0.1) is 12.2 Å². The minimum Gasteiger partial charge on any atom is -0.390 e. The Bertz CT molecular complexity index is 462. The molecule has 4 aliphatic carbocycles. The van der Waals surface area contributed by atoms with E-state index in [0.717, 1.165) is 43.9 Å². The summed E-state index contributed by atoms with van der Waals surface area (Å²) < 4.78 is 5.55. The van der Waals surface area contributed by atoms with Crippen molar-refractivity contribution in [1.29, 1.82) is 0 Å². The van der Waals surface area contributed by atoms with Crippen molar-refractivity contribution in [3.63, 3.8) is 0 Å². The fraction of sp³-hybridized carbons (Fsp3) is 0.947. The van der Waals surface area contributed by atoms with Crippen molar-refractivity contribution >= 4 is 5.78 Å². The first-order valence-electron chi connectivity index (χ1n) is 9.28. The second-order valence-corrected chi connectivity index (χ2v) is 8.67. The van der Waals surface area contributed by atoms with Crippen LogP contribution in [0.25, 0.3) is 0 Å². The van der Waals surface area contributed by atoms with Crippen LogP contribution in [0.1, 0.15) is 58.3 Å². The Morgan fingerprint density at radius 3 is 2.68 bits per heavy atom.